The second-order valence-electron chi connectivity index (χ2n) is 9.60. The number of hydrogen-bond acceptors (Lipinski definition) is 3. The largest absolute Gasteiger partial charge is 0.343 e. The Labute approximate surface area is 194 Å². The number of imidazole rings is 1. The Morgan fingerprint density at radius 2 is 1.78 bits per heavy atom. The summed E-state index contributed by atoms with van der Waals surface area (Å²) in [6.07, 6.45) is 2.08. The number of amides is 1. The average Bonchev–Trinajstić information content (AvgIpc) is 3.13. The fraction of sp³-hybridized carbons (Fsp3) is 0.423. The van der Waals surface area contributed by atoms with E-state index in [1.54, 1.807) is 18.7 Å². The topological polar surface area (TPSA) is 42.5 Å². The van der Waals surface area contributed by atoms with Gasteiger partial charge in [0.05, 0.1) is 17.6 Å². The number of benzene rings is 2. The van der Waals surface area contributed by atoms with Gasteiger partial charge >= 0.3 is 0 Å². The van der Waals surface area contributed by atoms with Crippen LogP contribution in [0.15, 0.2) is 52.3 Å². The molecule has 0 bridgehead atoms. The zero-order valence-electron chi connectivity index (χ0n) is 19.3. The van der Waals surface area contributed by atoms with E-state index in [2.05, 4.69) is 48.4 Å². The van der Waals surface area contributed by atoms with E-state index in [1.165, 1.54) is 5.52 Å². The minimum absolute atomic E-state index is 0.0536. The highest BCUT2D eigenvalue weighted by Crippen LogP contribution is 2.34. The highest BCUT2D eigenvalue weighted by molar-refractivity contribution is 7.99. The molecule has 1 aliphatic rings. The van der Waals surface area contributed by atoms with Gasteiger partial charge in [0, 0.05) is 41.8 Å². The Morgan fingerprint density at radius 3 is 2.38 bits per heavy atom. The van der Waals surface area contributed by atoms with E-state index >= 15 is 0 Å². The summed E-state index contributed by atoms with van der Waals surface area (Å²) >= 11 is 1.69. The summed E-state index contributed by atoms with van der Waals surface area (Å²) in [5, 5.41) is 0. The Morgan fingerprint density at radius 1 is 1.12 bits per heavy atom. The van der Waals surface area contributed by atoms with Crippen LogP contribution >= 0.6 is 11.8 Å². The van der Waals surface area contributed by atoms with Crippen LogP contribution in [0.3, 0.4) is 0 Å². The van der Waals surface area contributed by atoms with E-state index in [0.29, 0.717) is 11.6 Å². The number of carbonyl (C=O) groups excluding carboxylic acids is 1. The SMILES string of the molecule is [C-]#[N+]c1ccc(Sc2ccc3c(c2)nc(C(C)(C)C)n3CC2CCN(C(C)=O)CC2)cc1. The van der Waals surface area contributed by atoms with Gasteiger partial charge in [-0.05, 0) is 37.0 Å². The van der Waals surface area contributed by atoms with Gasteiger partial charge in [0.2, 0.25) is 5.91 Å². The van der Waals surface area contributed by atoms with Crippen molar-refractivity contribution < 1.29 is 4.79 Å². The average molecular weight is 447 g/mol. The molecular formula is C26H30N4OS. The van der Waals surface area contributed by atoms with E-state index in [0.717, 1.165) is 53.6 Å². The van der Waals surface area contributed by atoms with Gasteiger partial charge in [-0.2, -0.15) is 0 Å². The fourth-order valence-corrected chi connectivity index (χ4v) is 5.19. The molecule has 166 valence electrons. The van der Waals surface area contributed by atoms with Crippen LogP contribution < -0.4 is 0 Å². The van der Waals surface area contributed by atoms with Crippen molar-refractivity contribution in [1.29, 1.82) is 0 Å². The summed E-state index contributed by atoms with van der Waals surface area (Å²) in [7, 11) is 0. The molecule has 0 spiro atoms. The molecule has 6 heteroatoms. The van der Waals surface area contributed by atoms with Crippen molar-refractivity contribution in [3.8, 4) is 0 Å². The van der Waals surface area contributed by atoms with Crippen molar-refractivity contribution in [2.45, 2.75) is 62.3 Å². The summed E-state index contributed by atoms with van der Waals surface area (Å²) in [5.74, 6) is 1.85. The van der Waals surface area contributed by atoms with E-state index in [4.69, 9.17) is 11.6 Å². The number of fused-ring (bicyclic) bond motifs is 1. The molecule has 5 nitrogen and oxygen atoms in total. The third kappa shape index (κ3) is 4.83. The predicted octanol–water partition coefficient (Wildman–Crippen LogP) is 6.29. The summed E-state index contributed by atoms with van der Waals surface area (Å²) in [6.45, 7) is 18.1. The van der Waals surface area contributed by atoms with E-state index in [1.807, 2.05) is 29.2 Å². The van der Waals surface area contributed by atoms with Crippen LogP contribution in [0.2, 0.25) is 0 Å². The molecular weight excluding hydrogens is 416 g/mol. The van der Waals surface area contributed by atoms with Crippen molar-refractivity contribution >= 4 is 34.4 Å². The quantitative estimate of drug-likeness (QED) is 0.442. The molecule has 0 N–H and O–H groups in total. The maximum Gasteiger partial charge on any atom is 0.219 e. The second-order valence-corrected chi connectivity index (χ2v) is 10.8. The monoisotopic (exact) mass is 446 g/mol. The van der Waals surface area contributed by atoms with Gasteiger partial charge in [0.1, 0.15) is 5.82 Å². The smallest absolute Gasteiger partial charge is 0.219 e. The van der Waals surface area contributed by atoms with Gasteiger partial charge in [-0.1, -0.05) is 56.8 Å². The minimum atomic E-state index is -0.0536. The molecule has 32 heavy (non-hydrogen) atoms. The molecule has 4 rings (SSSR count). The lowest BCUT2D eigenvalue weighted by molar-refractivity contribution is -0.130. The first kappa shape index (κ1) is 22.4. The number of nitrogens with zero attached hydrogens (tertiary/aromatic N) is 4. The lowest BCUT2D eigenvalue weighted by Crippen LogP contribution is -2.38. The molecule has 0 aliphatic carbocycles. The van der Waals surface area contributed by atoms with Crippen molar-refractivity contribution in [2.75, 3.05) is 13.1 Å². The number of carbonyl (C=O) groups is 1. The Kier molecular flexibility index (Phi) is 6.30. The molecule has 1 saturated heterocycles. The molecule has 1 amide bonds. The normalized spacial score (nSPS) is 15.2. The lowest BCUT2D eigenvalue weighted by atomic mass is 9.93. The Hall–Kier alpha value is -2.78. The first-order valence-electron chi connectivity index (χ1n) is 11.2. The fourth-order valence-electron chi connectivity index (χ4n) is 4.34. The van der Waals surface area contributed by atoms with Gasteiger partial charge < -0.3 is 9.47 Å². The maximum atomic E-state index is 11.7. The molecule has 1 aromatic heterocycles. The summed E-state index contributed by atoms with van der Waals surface area (Å²) in [6, 6.07) is 14.2. The Bertz CT molecular complexity index is 1160. The number of rotatable bonds is 4. The number of hydrogen-bond donors (Lipinski definition) is 0. The van der Waals surface area contributed by atoms with Crippen LogP contribution in [0.4, 0.5) is 5.69 Å². The first-order chi connectivity index (χ1) is 15.2. The highest BCUT2D eigenvalue weighted by atomic mass is 32.2. The molecule has 0 unspecified atom stereocenters. The first-order valence-corrected chi connectivity index (χ1v) is 12.0. The number of piperidine rings is 1. The van der Waals surface area contributed by atoms with Gasteiger partial charge in [0.25, 0.3) is 0 Å². The molecule has 2 heterocycles. The lowest BCUT2D eigenvalue weighted by Gasteiger charge is -2.32. The standard InChI is InChI=1S/C26H30N4OS/c1-18(31)29-14-12-19(13-15-29)17-30-24-11-10-22(16-23(24)28-25(30)26(2,3)4)32-21-8-6-20(27-5)7-9-21/h6-11,16,19H,12-15,17H2,1-4H3. The number of likely N-dealkylation sites (tertiary alicyclic amines) is 1. The second kappa shape index (κ2) is 8.99. The Balaban J connectivity index is 1.60. The molecule has 1 aliphatic heterocycles. The van der Waals surface area contributed by atoms with Crippen LogP contribution in [-0.4, -0.2) is 33.4 Å². The van der Waals surface area contributed by atoms with E-state index in [9.17, 15) is 4.79 Å². The van der Waals surface area contributed by atoms with Crippen molar-refractivity contribution in [2.24, 2.45) is 5.92 Å². The molecule has 2 aromatic carbocycles. The number of aromatic nitrogens is 2. The molecule has 0 radical (unpaired) electrons. The predicted molar refractivity (Wildman–Crippen MR) is 130 cm³/mol. The molecule has 3 aromatic rings. The molecule has 0 atom stereocenters. The van der Waals surface area contributed by atoms with Gasteiger partial charge in [0.15, 0.2) is 5.69 Å². The van der Waals surface area contributed by atoms with Crippen molar-refractivity contribution in [3.63, 3.8) is 0 Å². The van der Waals surface area contributed by atoms with Gasteiger partial charge in [-0.25, -0.2) is 9.83 Å². The zero-order valence-corrected chi connectivity index (χ0v) is 20.1. The molecule has 0 saturated carbocycles. The zero-order chi connectivity index (χ0) is 22.9. The minimum Gasteiger partial charge on any atom is -0.343 e. The summed E-state index contributed by atoms with van der Waals surface area (Å²) in [5.41, 5.74) is 2.81. The van der Waals surface area contributed by atoms with Gasteiger partial charge in [-0.15, -0.1) is 0 Å². The summed E-state index contributed by atoms with van der Waals surface area (Å²) in [4.78, 5) is 24.4. The third-order valence-corrected chi connectivity index (χ3v) is 7.09. The van der Waals surface area contributed by atoms with Crippen LogP contribution in [0.1, 0.15) is 46.4 Å². The summed E-state index contributed by atoms with van der Waals surface area (Å²) < 4.78 is 2.41. The van der Waals surface area contributed by atoms with Crippen LogP contribution in [0.5, 0.6) is 0 Å². The third-order valence-electron chi connectivity index (χ3n) is 6.09. The van der Waals surface area contributed by atoms with Gasteiger partial charge in [-0.3, -0.25) is 4.79 Å². The molecule has 1 fully saturated rings. The van der Waals surface area contributed by atoms with Crippen molar-refractivity contribution in [1.82, 2.24) is 14.5 Å². The van der Waals surface area contributed by atoms with Crippen LogP contribution in [-0.2, 0) is 16.8 Å². The van der Waals surface area contributed by atoms with Crippen molar-refractivity contribution in [3.05, 3.63) is 59.7 Å². The van der Waals surface area contributed by atoms with Crippen LogP contribution in [0, 0.1) is 12.5 Å². The van der Waals surface area contributed by atoms with Crippen LogP contribution in [0.25, 0.3) is 15.9 Å². The highest BCUT2D eigenvalue weighted by Gasteiger charge is 2.27. The maximum absolute atomic E-state index is 11.7. The van der Waals surface area contributed by atoms with E-state index < -0.39 is 0 Å². The van der Waals surface area contributed by atoms with E-state index in [-0.39, 0.29) is 11.3 Å².